The standard InChI is InChI=1S/C75H116O6/c1-4-7-10-13-16-19-22-25-28-31-33-34-35-36-37-38-39-40-42-44-47-50-53-56-59-62-65-68-74(77)80-71-72(70-79-73(76)67-64-61-58-55-52-49-46-43-30-27-24-21-18-15-12-9-6-3)81-75(78)69-66-63-60-57-54-51-48-45-41-32-29-26-23-20-17-14-11-8-5-2/h7-12,16-21,25-30,33-34,36-37,39-41,45-46,49,51,54,72H,4-6,13-15,22-24,31-32,35,38,42-44,47-48,50,52-53,55-71H2,1-3H3/b10-7-,11-8-,12-9-,19-16-,20-17-,21-18-,28-25-,29-26-,30-27-,34-33-,37-36-,40-39-,45-41-,49-46-,54-51-. The molecule has 0 N–H and O–H groups in total. The average molecular weight is 1110 g/mol. The highest BCUT2D eigenvalue weighted by molar-refractivity contribution is 5.71. The monoisotopic (exact) mass is 1110 g/mol. The van der Waals surface area contributed by atoms with Crippen molar-refractivity contribution in [2.75, 3.05) is 13.2 Å². The van der Waals surface area contributed by atoms with Gasteiger partial charge in [0.05, 0.1) is 0 Å². The number of ether oxygens (including phenoxy) is 3. The van der Waals surface area contributed by atoms with E-state index in [9.17, 15) is 14.4 Å². The Balaban J connectivity index is 4.50. The van der Waals surface area contributed by atoms with E-state index in [-0.39, 0.29) is 37.5 Å². The van der Waals surface area contributed by atoms with E-state index in [1.165, 1.54) is 32.1 Å². The topological polar surface area (TPSA) is 78.9 Å². The molecule has 0 heterocycles. The predicted octanol–water partition coefficient (Wildman–Crippen LogP) is 22.4. The van der Waals surface area contributed by atoms with Gasteiger partial charge in [-0.15, -0.1) is 0 Å². The summed E-state index contributed by atoms with van der Waals surface area (Å²) in [5.74, 6) is -0.984. The van der Waals surface area contributed by atoms with Gasteiger partial charge < -0.3 is 14.2 Å². The van der Waals surface area contributed by atoms with Crippen molar-refractivity contribution < 1.29 is 28.6 Å². The molecule has 0 amide bonds. The lowest BCUT2D eigenvalue weighted by Gasteiger charge is -2.18. The van der Waals surface area contributed by atoms with Crippen molar-refractivity contribution in [2.24, 2.45) is 0 Å². The zero-order valence-electron chi connectivity index (χ0n) is 51.7. The van der Waals surface area contributed by atoms with E-state index in [4.69, 9.17) is 14.2 Å². The maximum atomic E-state index is 12.9. The van der Waals surface area contributed by atoms with Gasteiger partial charge in [0.2, 0.25) is 0 Å². The van der Waals surface area contributed by atoms with Crippen LogP contribution in [0.15, 0.2) is 182 Å². The van der Waals surface area contributed by atoms with Crippen LogP contribution in [0.3, 0.4) is 0 Å². The molecule has 0 fully saturated rings. The highest BCUT2D eigenvalue weighted by Crippen LogP contribution is 2.14. The van der Waals surface area contributed by atoms with Crippen molar-refractivity contribution in [3.8, 4) is 0 Å². The molecule has 0 aromatic carbocycles. The molecule has 0 aliphatic heterocycles. The Morgan fingerprint density at radius 1 is 0.247 bits per heavy atom. The minimum Gasteiger partial charge on any atom is -0.462 e. The maximum Gasteiger partial charge on any atom is 0.306 e. The highest BCUT2D eigenvalue weighted by atomic mass is 16.6. The molecule has 0 bridgehead atoms. The van der Waals surface area contributed by atoms with Crippen LogP contribution in [-0.2, 0) is 28.6 Å². The van der Waals surface area contributed by atoms with Crippen LogP contribution < -0.4 is 0 Å². The lowest BCUT2D eigenvalue weighted by atomic mass is 10.1. The van der Waals surface area contributed by atoms with E-state index >= 15 is 0 Å². The number of rotatable bonds is 56. The van der Waals surface area contributed by atoms with Crippen molar-refractivity contribution in [2.45, 2.75) is 258 Å². The molecule has 1 atom stereocenters. The summed E-state index contributed by atoms with van der Waals surface area (Å²) >= 11 is 0. The molecule has 0 saturated carbocycles. The van der Waals surface area contributed by atoms with E-state index in [0.29, 0.717) is 19.3 Å². The molecule has 6 heteroatoms. The number of hydrogen-bond donors (Lipinski definition) is 0. The number of hydrogen-bond acceptors (Lipinski definition) is 6. The fourth-order valence-corrected chi connectivity index (χ4v) is 8.17. The number of unbranched alkanes of at least 4 members (excludes halogenated alkanes) is 15. The van der Waals surface area contributed by atoms with Gasteiger partial charge in [0.25, 0.3) is 0 Å². The largest absolute Gasteiger partial charge is 0.462 e. The summed E-state index contributed by atoms with van der Waals surface area (Å²) in [4.78, 5) is 38.4. The van der Waals surface area contributed by atoms with Gasteiger partial charge in [-0.05, 0) is 154 Å². The van der Waals surface area contributed by atoms with Crippen LogP contribution in [0.2, 0.25) is 0 Å². The van der Waals surface area contributed by atoms with Crippen molar-refractivity contribution in [3.05, 3.63) is 182 Å². The predicted molar refractivity (Wildman–Crippen MR) is 352 cm³/mol. The first-order chi connectivity index (χ1) is 40.0. The summed E-state index contributed by atoms with van der Waals surface area (Å²) in [6.07, 6.45) is 100. The van der Waals surface area contributed by atoms with Crippen molar-refractivity contribution in [1.29, 1.82) is 0 Å². The van der Waals surface area contributed by atoms with E-state index in [1.807, 2.05) is 0 Å². The van der Waals surface area contributed by atoms with Crippen molar-refractivity contribution >= 4 is 17.9 Å². The van der Waals surface area contributed by atoms with Gasteiger partial charge in [0.15, 0.2) is 6.10 Å². The Bertz CT molecular complexity index is 1900. The van der Waals surface area contributed by atoms with E-state index < -0.39 is 6.10 Å². The van der Waals surface area contributed by atoms with Crippen LogP contribution in [-0.4, -0.2) is 37.2 Å². The van der Waals surface area contributed by atoms with Crippen LogP contribution in [0.25, 0.3) is 0 Å². The van der Waals surface area contributed by atoms with Crippen LogP contribution >= 0.6 is 0 Å². The van der Waals surface area contributed by atoms with Gasteiger partial charge in [-0.3, -0.25) is 14.4 Å². The van der Waals surface area contributed by atoms with Crippen LogP contribution in [0, 0.1) is 0 Å². The van der Waals surface area contributed by atoms with E-state index in [1.54, 1.807) is 0 Å². The third-order valence-corrected chi connectivity index (χ3v) is 12.9. The first-order valence-electron chi connectivity index (χ1n) is 32.3. The third-order valence-electron chi connectivity index (χ3n) is 12.9. The van der Waals surface area contributed by atoms with Gasteiger partial charge in [0, 0.05) is 19.3 Å². The molecular formula is C75H116O6. The quantitative estimate of drug-likeness (QED) is 0.0261. The summed E-state index contributed by atoms with van der Waals surface area (Å²) in [6, 6.07) is 0. The van der Waals surface area contributed by atoms with E-state index in [0.717, 1.165) is 173 Å². The summed E-state index contributed by atoms with van der Waals surface area (Å²) in [5.41, 5.74) is 0. The Hall–Kier alpha value is -5.49. The molecule has 0 aliphatic carbocycles. The Kier molecular flexibility index (Phi) is 62.5. The van der Waals surface area contributed by atoms with Gasteiger partial charge >= 0.3 is 17.9 Å². The second-order valence-electron chi connectivity index (χ2n) is 20.5. The molecule has 1 unspecified atom stereocenters. The third kappa shape index (κ3) is 65.2. The molecule has 0 aromatic heterocycles. The Morgan fingerprint density at radius 3 is 0.704 bits per heavy atom. The van der Waals surface area contributed by atoms with Crippen LogP contribution in [0.5, 0.6) is 0 Å². The molecule has 81 heavy (non-hydrogen) atoms. The molecular weight excluding hydrogens is 997 g/mol. The fraction of sp³-hybridized carbons (Fsp3) is 0.560. The number of allylic oxidation sites excluding steroid dienone is 30. The SMILES string of the molecule is CC/C=C\C/C=C\C/C=C\C/C=C\C/C=C\C/C=C\CCCCCCCCCCC(=O)OCC(COC(=O)CCCCCC/C=C\C/C=C\C/C=C\C/C=C\CC)OC(=O)CCCCC/C=C\C/C=C\C/C=C\C/C=C\C/C=C\CC. The number of esters is 3. The summed E-state index contributed by atoms with van der Waals surface area (Å²) in [6.45, 7) is 6.23. The molecule has 6 nitrogen and oxygen atoms in total. The maximum absolute atomic E-state index is 12.9. The molecule has 0 radical (unpaired) electrons. The summed E-state index contributed by atoms with van der Waals surface area (Å²) in [7, 11) is 0. The minimum atomic E-state index is -0.822. The van der Waals surface area contributed by atoms with Gasteiger partial charge in [0.1, 0.15) is 13.2 Å². The molecule has 0 aliphatic rings. The Labute approximate surface area is 497 Å². The normalized spacial score (nSPS) is 13.4. The molecule has 452 valence electrons. The first-order valence-corrected chi connectivity index (χ1v) is 32.3. The minimum absolute atomic E-state index is 0.113. The first kappa shape index (κ1) is 75.5. The lowest BCUT2D eigenvalue weighted by Crippen LogP contribution is -2.30. The Morgan fingerprint density at radius 2 is 0.444 bits per heavy atom. The smallest absolute Gasteiger partial charge is 0.306 e. The molecule has 0 saturated heterocycles. The second-order valence-corrected chi connectivity index (χ2v) is 20.5. The van der Waals surface area contributed by atoms with Gasteiger partial charge in [-0.2, -0.15) is 0 Å². The lowest BCUT2D eigenvalue weighted by molar-refractivity contribution is -0.167. The zero-order chi connectivity index (χ0) is 58.5. The van der Waals surface area contributed by atoms with Crippen LogP contribution in [0.4, 0.5) is 0 Å². The van der Waals surface area contributed by atoms with Crippen molar-refractivity contribution in [3.63, 3.8) is 0 Å². The zero-order valence-corrected chi connectivity index (χ0v) is 51.7. The molecule has 0 aromatic rings. The molecule has 0 rings (SSSR count). The van der Waals surface area contributed by atoms with Crippen LogP contribution in [0.1, 0.15) is 252 Å². The average Bonchev–Trinajstić information content (AvgIpc) is 3.47. The van der Waals surface area contributed by atoms with E-state index in [2.05, 4.69) is 203 Å². The highest BCUT2D eigenvalue weighted by Gasteiger charge is 2.19. The van der Waals surface area contributed by atoms with Gasteiger partial charge in [-0.25, -0.2) is 0 Å². The number of carbonyl (C=O) groups excluding carboxylic acids is 3. The second kappa shape index (κ2) is 67.0. The van der Waals surface area contributed by atoms with Crippen molar-refractivity contribution in [1.82, 2.24) is 0 Å². The van der Waals surface area contributed by atoms with Gasteiger partial charge in [-0.1, -0.05) is 261 Å². The summed E-state index contributed by atoms with van der Waals surface area (Å²) < 4.78 is 16.9. The summed E-state index contributed by atoms with van der Waals surface area (Å²) in [5, 5.41) is 0. The number of carbonyl (C=O) groups is 3. The molecule has 0 spiro atoms. The fourth-order valence-electron chi connectivity index (χ4n) is 8.17.